The lowest BCUT2D eigenvalue weighted by atomic mass is 9.89. The van der Waals surface area contributed by atoms with Crippen LogP contribution in [0.5, 0.6) is 0 Å². The van der Waals surface area contributed by atoms with Gasteiger partial charge in [-0.1, -0.05) is 19.9 Å². The Labute approximate surface area is 210 Å². The van der Waals surface area contributed by atoms with E-state index in [1.54, 1.807) is 22.3 Å². The summed E-state index contributed by atoms with van der Waals surface area (Å²) < 4.78 is 1.12. The first kappa shape index (κ1) is 25.1. The third kappa shape index (κ3) is 5.31. The summed E-state index contributed by atoms with van der Waals surface area (Å²) in [7, 11) is 4.09. The molecule has 0 bridgehead atoms. The molecule has 1 aromatic carbocycles. The second-order valence-corrected chi connectivity index (χ2v) is 10.7. The Hall–Kier alpha value is -3.04. The fraction of sp³-hybridized carbons (Fsp3) is 0.462. The van der Waals surface area contributed by atoms with Crippen LogP contribution in [0.4, 0.5) is 11.5 Å². The SMILES string of the molecule is CCc1cc(NC(=O)C(=O)N2C[C@@H](C)CC[C@@H]2c2ccc3sc([C@H](C)N(C)C)nc3c2)cnc1N. The van der Waals surface area contributed by atoms with Gasteiger partial charge < -0.3 is 20.9 Å². The van der Waals surface area contributed by atoms with E-state index >= 15 is 0 Å². The van der Waals surface area contributed by atoms with Crippen molar-refractivity contribution in [2.24, 2.45) is 5.92 Å². The highest BCUT2D eigenvalue weighted by Gasteiger charge is 2.34. The Morgan fingerprint density at radius 2 is 2.06 bits per heavy atom. The van der Waals surface area contributed by atoms with Crippen molar-refractivity contribution in [3.8, 4) is 0 Å². The predicted molar refractivity (Wildman–Crippen MR) is 141 cm³/mol. The highest BCUT2D eigenvalue weighted by molar-refractivity contribution is 7.18. The number of hydrogen-bond donors (Lipinski definition) is 2. The number of rotatable bonds is 5. The van der Waals surface area contributed by atoms with Gasteiger partial charge in [-0.15, -0.1) is 11.3 Å². The zero-order valence-corrected chi connectivity index (χ0v) is 21.9. The van der Waals surface area contributed by atoms with Crippen molar-refractivity contribution in [3.63, 3.8) is 0 Å². The van der Waals surface area contributed by atoms with E-state index in [2.05, 4.69) is 47.2 Å². The van der Waals surface area contributed by atoms with Crippen LogP contribution >= 0.6 is 11.3 Å². The number of nitrogens with two attached hydrogens (primary N) is 1. The lowest BCUT2D eigenvalue weighted by Gasteiger charge is -2.38. The van der Waals surface area contributed by atoms with E-state index in [-0.39, 0.29) is 12.1 Å². The number of nitrogens with zero attached hydrogens (tertiary/aromatic N) is 4. The molecule has 0 aliphatic carbocycles. The minimum absolute atomic E-state index is 0.166. The van der Waals surface area contributed by atoms with Crippen LogP contribution in [0, 0.1) is 5.92 Å². The number of hydrogen-bond acceptors (Lipinski definition) is 7. The van der Waals surface area contributed by atoms with Crippen LogP contribution in [0.2, 0.25) is 0 Å². The van der Waals surface area contributed by atoms with E-state index in [9.17, 15) is 9.59 Å². The molecular formula is C26H34N6O2S. The smallest absolute Gasteiger partial charge is 0.313 e. The van der Waals surface area contributed by atoms with E-state index < -0.39 is 11.8 Å². The summed E-state index contributed by atoms with van der Waals surface area (Å²) in [5, 5.41) is 3.79. The molecule has 35 heavy (non-hydrogen) atoms. The maximum atomic E-state index is 13.3. The number of fused-ring (bicyclic) bond motifs is 1. The first-order chi connectivity index (χ1) is 16.7. The topological polar surface area (TPSA) is 104 Å². The lowest BCUT2D eigenvalue weighted by Crippen LogP contribution is -2.46. The molecule has 2 amide bonds. The molecule has 0 saturated carbocycles. The Morgan fingerprint density at radius 1 is 1.29 bits per heavy atom. The van der Waals surface area contributed by atoms with Crippen molar-refractivity contribution in [2.75, 3.05) is 31.7 Å². The molecule has 0 radical (unpaired) electrons. The minimum Gasteiger partial charge on any atom is -0.383 e. The second-order valence-electron chi connectivity index (χ2n) is 9.65. The molecule has 1 aliphatic rings. The molecule has 3 heterocycles. The molecule has 3 N–H and O–H groups in total. The number of amides is 2. The van der Waals surface area contributed by atoms with Gasteiger partial charge in [-0.05, 0) is 75.5 Å². The third-order valence-electron chi connectivity index (χ3n) is 6.86. The van der Waals surface area contributed by atoms with Crippen LogP contribution in [0.15, 0.2) is 30.5 Å². The minimum atomic E-state index is -0.658. The van der Waals surface area contributed by atoms with Crippen LogP contribution < -0.4 is 11.1 Å². The molecule has 0 spiro atoms. The Bertz CT molecular complexity index is 1240. The zero-order chi connectivity index (χ0) is 25.3. The van der Waals surface area contributed by atoms with E-state index in [1.807, 2.05) is 21.0 Å². The molecule has 9 heteroatoms. The maximum absolute atomic E-state index is 13.3. The average Bonchev–Trinajstić information content (AvgIpc) is 3.27. The lowest BCUT2D eigenvalue weighted by molar-refractivity contribution is -0.146. The molecule has 186 valence electrons. The maximum Gasteiger partial charge on any atom is 0.313 e. The number of nitrogen functional groups attached to an aromatic ring is 1. The standard InChI is InChI=1S/C26H34N6O2S/c1-6-17-11-19(13-28-23(17)27)29-24(33)26(34)32-14-15(2)7-9-21(32)18-8-10-22-20(12-18)30-25(35-22)16(3)31(4)5/h8,10-13,15-16,21H,6-7,9,14H2,1-5H3,(H2,27,28)(H,29,33)/t15-,16-,21+/m0/s1. The number of carbonyl (C=O) groups is 2. The van der Waals surface area contributed by atoms with E-state index in [1.165, 1.54) is 6.20 Å². The quantitative estimate of drug-likeness (QED) is 0.510. The van der Waals surface area contributed by atoms with Gasteiger partial charge in [0.1, 0.15) is 10.8 Å². The van der Waals surface area contributed by atoms with Gasteiger partial charge in [0.05, 0.1) is 34.2 Å². The van der Waals surface area contributed by atoms with Crippen molar-refractivity contribution in [1.82, 2.24) is 19.8 Å². The van der Waals surface area contributed by atoms with Crippen LogP contribution in [0.3, 0.4) is 0 Å². The second kappa shape index (κ2) is 10.3. The van der Waals surface area contributed by atoms with Crippen LogP contribution in [-0.4, -0.2) is 52.2 Å². The van der Waals surface area contributed by atoms with Gasteiger partial charge >= 0.3 is 11.8 Å². The summed E-state index contributed by atoms with van der Waals surface area (Å²) in [5.41, 5.74) is 9.13. The van der Waals surface area contributed by atoms with Crippen LogP contribution in [-0.2, 0) is 16.0 Å². The number of nitrogens with one attached hydrogen (secondary N) is 1. The van der Waals surface area contributed by atoms with Gasteiger partial charge in [0, 0.05) is 6.54 Å². The summed E-state index contributed by atoms with van der Waals surface area (Å²) in [5.74, 6) is -0.433. The highest BCUT2D eigenvalue weighted by atomic mass is 32.1. The summed E-state index contributed by atoms with van der Waals surface area (Å²) in [4.78, 5) is 39.1. The molecular weight excluding hydrogens is 460 g/mol. The number of carbonyl (C=O) groups excluding carboxylic acids is 2. The zero-order valence-electron chi connectivity index (χ0n) is 21.0. The first-order valence-corrected chi connectivity index (χ1v) is 12.9. The molecule has 3 aromatic rings. The van der Waals surface area contributed by atoms with Gasteiger partial charge in [-0.25, -0.2) is 9.97 Å². The van der Waals surface area contributed by atoms with Crippen LogP contribution in [0.1, 0.15) is 61.8 Å². The van der Waals surface area contributed by atoms with Gasteiger partial charge in [0.25, 0.3) is 0 Å². The predicted octanol–water partition coefficient (Wildman–Crippen LogP) is 4.40. The fourth-order valence-electron chi connectivity index (χ4n) is 4.48. The Balaban J connectivity index is 1.58. The molecule has 1 aliphatic heterocycles. The van der Waals surface area contributed by atoms with Crippen molar-refractivity contribution >= 4 is 44.9 Å². The van der Waals surface area contributed by atoms with E-state index in [4.69, 9.17) is 10.7 Å². The molecule has 1 fully saturated rings. The molecule has 1 saturated heterocycles. The van der Waals surface area contributed by atoms with Gasteiger partial charge in [-0.2, -0.15) is 0 Å². The Morgan fingerprint density at radius 3 is 2.77 bits per heavy atom. The van der Waals surface area contributed by atoms with E-state index in [0.717, 1.165) is 39.2 Å². The first-order valence-electron chi connectivity index (χ1n) is 12.1. The number of pyridine rings is 1. The van der Waals surface area contributed by atoms with E-state index in [0.29, 0.717) is 30.4 Å². The number of likely N-dealkylation sites (tertiary alicyclic amines) is 1. The number of benzene rings is 1. The molecule has 8 nitrogen and oxygen atoms in total. The Kier molecular flexibility index (Phi) is 7.37. The summed E-state index contributed by atoms with van der Waals surface area (Å²) in [6.45, 7) is 6.76. The van der Waals surface area contributed by atoms with Crippen LogP contribution in [0.25, 0.3) is 10.2 Å². The van der Waals surface area contributed by atoms with Gasteiger partial charge in [0.2, 0.25) is 0 Å². The molecule has 2 aromatic heterocycles. The summed E-state index contributed by atoms with van der Waals surface area (Å²) in [6.07, 6.45) is 3.98. The third-order valence-corrected chi connectivity index (χ3v) is 8.06. The monoisotopic (exact) mass is 494 g/mol. The van der Waals surface area contributed by atoms with Crippen molar-refractivity contribution in [1.29, 1.82) is 0 Å². The van der Waals surface area contributed by atoms with Crippen molar-refractivity contribution in [2.45, 2.75) is 52.1 Å². The molecule has 3 atom stereocenters. The van der Waals surface area contributed by atoms with Gasteiger partial charge in [-0.3, -0.25) is 9.59 Å². The molecule has 0 unspecified atom stereocenters. The largest absolute Gasteiger partial charge is 0.383 e. The number of anilines is 2. The number of aryl methyl sites for hydroxylation is 1. The molecule has 4 rings (SSSR count). The number of thiazole rings is 1. The van der Waals surface area contributed by atoms with Crippen molar-refractivity contribution < 1.29 is 9.59 Å². The average molecular weight is 495 g/mol. The van der Waals surface area contributed by atoms with Gasteiger partial charge in [0.15, 0.2) is 0 Å². The number of aromatic nitrogens is 2. The highest BCUT2D eigenvalue weighted by Crippen LogP contribution is 2.36. The number of piperidine rings is 1. The normalized spacial score (nSPS) is 19.2. The van der Waals surface area contributed by atoms with Crippen molar-refractivity contribution in [3.05, 3.63) is 46.6 Å². The summed E-state index contributed by atoms with van der Waals surface area (Å²) in [6, 6.07) is 8.06. The fourth-order valence-corrected chi connectivity index (χ4v) is 5.58. The summed E-state index contributed by atoms with van der Waals surface area (Å²) >= 11 is 1.69.